The van der Waals surface area contributed by atoms with E-state index in [2.05, 4.69) is 0 Å². The van der Waals surface area contributed by atoms with E-state index in [4.69, 9.17) is 0 Å². The van der Waals surface area contributed by atoms with Crippen LogP contribution in [0.3, 0.4) is 0 Å². The Balaban J connectivity index is 2.35. The fourth-order valence-corrected chi connectivity index (χ4v) is 2.03. The van der Waals surface area contributed by atoms with Gasteiger partial charge in [-0.3, -0.25) is 9.36 Å². The highest BCUT2D eigenvalue weighted by molar-refractivity contribution is 5.81. The molecule has 0 aliphatic carbocycles. The molecule has 2 nitrogen and oxygen atoms in total. The molecule has 0 saturated carbocycles. The number of aromatic nitrogens is 1. The summed E-state index contributed by atoms with van der Waals surface area (Å²) in [5.41, 5.74) is 0.0615. The molecule has 3 heteroatoms. The van der Waals surface area contributed by atoms with E-state index >= 15 is 0 Å². The van der Waals surface area contributed by atoms with Gasteiger partial charge in [0.15, 0.2) is 0 Å². The molecule has 3 aromatic rings. The zero-order valence-electron chi connectivity index (χ0n) is 9.51. The molecule has 0 saturated heterocycles. The topological polar surface area (TPSA) is 22.0 Å². The van der Waals surface area contributed by atoms with E-state index in [0.29, 0.717) is 5.39 Å². The highest BCUT2D eigenvalue weighted by Crippen LogP contribution is 2.14. The Morgan fingerprint density at radius 2 is 1.61 bits per heavy atom. The second kappa shape index (κ2) is 4.11. The Bertz CT molecular complexity index is 777. The van der Waals surface area contributed by atoms with Gasteiger partial charge in [0, 0.05) is 11.6 Å². The number of halogens is 1. The quantitative estimate of drug-likeness (QED) is 0.639. The zero-order chi connectivity index (χ0) is 12.5. The van der Waals surface area contributed by atoms with Crippen LogP contribution < -0.4 is 5.56 Å². The van der Waals surface area contributed by atoms with Crippen molar-refractivity contribution in [3.63, 3.8) is 0 Å². The molecule has 0 radical (unpaired) electrons. The number of hydrogen-bond donors (Lipinski definition) is 0. The molecule has 0 atom stereocenters. The fraction of sp³-hybridized carbons (Fsp3) is 0. The molecule has 0 spiro atoms. The summed E-state index contributed by atoms with van der Waals surface area (Å²) in [6.45, 7) is 0. The highest BCUT2D eigenvalue weighted by atomic mass is 19.1. The number of benzene rings is 2. The van der Waals surface area contributed by atoms with Crippen LogP contribution >= 0.6 is 0 Å². The normalized spacial score (nSPS) is 10.7. The number of rotatable bonds is 1. The van der Waals surface area contributed by atoms with Crippen LogP contribution in [0.4, 0.5) is 4.39 Å². The molecule has 3 rings (SSSR count). The predicted octanol–water partition coefficient (Wildman–Crippen LogP) is 3.13. The molecular formula is C15H10FNO. The lowest BCUT2D eigenvalue weighted by atomic mass is 10.1. The minimum absolute atomic E-state index is 0.210. The maximum atomic E-state index is 13.7. The van der Waals surface area contributed by atoms with Gasteiger partial charge in [0.1, 0.15) is 5.82 Å². The second-order valence-corrected chi connectivity index (χ2v) is 4.03. The first kappa shape index (κ1) is 10.7. The number of para-hydroxylation sites is 1. The fourth-order valence-electron chi connectivity index (χ4n) is 2.03. The largest absolute Gasteiger partial charge is 0.281 e. The van der Waals surface area contributed by atoms with Gasteiger partial charge in [-0.05, 0) is 29.7 Å². The van der Waals surface area contributed by atoms with E-state index < -0.39 is 5.82 Å². The third-order valence-electron chi connectivity index (χ3n) is 2.93. The zero-order valence-corrected chi connectivity index (χ0v) is 9.51. The first-order valence-corrected chi connectivity index (χ1v) is 5.63. The van der Waals surface area contributed by atoms with Crippen molar-refractivity contribution in [3.05, 3.63) is 77.0 Å². The molecule has 1 heterocycles. The minimum Gasteiger partial charge on any atom is -0.281 e. The van der Waals surface area contributed by atoms with Gasteiger partial charge in [-0.2, -0.15) is 0 Å². The van der Waals surface area contributed by atoms with Crippen LogP contribution in [0.2, 0.25) is 0 Å². The van der Waals surface area contributed by atoms with Crippen molar-refractivity contribution < 1.29 is 4.39 Å². The summed E-state index contributed by atoms with van der Waals surface area (Å²) >= 11 is 0. The van der Waals surface area contributed by atoms with Crippen molar-refractivity contribution in [1.29, 1.82) is 0 Å². The van der Waals surface area contributed by atoms with Crippen molar-refractivity contribution in [3.8, 4) is 5.69 Å². The van der Waals surface area contributed by atoms with Crippen LogP contribution in [0, 0.1) is 5.82 Å². The summed E-state index contributed by atoms with van der Waals surface area (Å²) < 4.78 is 15.0. The van der Waals surface area contributed by atoms with E-state index in [9.17, 15) is 9.18 Å². The van der Waals surface area contributed by atoms with Crippen molar-refractivity contribution in [2.45, 2.75) is 0 Å². The summed E-state index contributed by atoms with van der Waals surface area (Å²) in [5, 5.41) is 1.44. The molecule has 2 aromatic carbocycles. The van der Waals surface area contributed by atoms with E-state index in [1.165, 1.54) is 10.6 Å². The van der Waals surface area contributed by atoms with E-state index in [0.717, 1.165) is 5.39 Å². The summed E-state index contributed by atoms with van der Waals surface area (Å²) in [6.07, 6.45) is 1.60. The summed E-state index contributed by atoms with van der Waals surface area (Å²) in [4.78, 5) is 12.3. The van der Waals surface area contributed by atoms with Crippen molar-refractivity contribution in [2.24, 2.45) is 0 Å². The molecule has 18 heavy (non-hydrogen) atoms. The van der Waals surface area contributed by atoms with Crippen LogP contribution in [0.15, 0.2) is 65.6 Å². The molecule has 0 unspecified atom stereocenters. The smallest absolute Gasteiger partial charge is 0.263 e. The summed E-state index contributed by atoms with van der Waals surface area (Å²) in [7, 11) is 0. The lowest BCUT2D eigenvalue weighted by Gasteiger charge is -2.07. The van der Waals surface area contributed by atoms with Crippen molar-refractivity contribution >= 4 is 10.8 Å². The predicted molar refractivity (Wildman–Crippen MR) is 69.5 cm³/mol. The molecule has 0 aliphatic rings. The molecule has 0 amide bonds. The first-order valence-electron chi connectivity index (χ1n) is 5.63. The van der Waals surface area contributed by atoms with Gasteiger partial charge >= 0.3 is 0 Å². The lowest BCUT2D eigenvalue weighted by molar-refractivity contribution is 0.616. The van der Waals surface area contributed by atoms with E-state index in [-0.39, 0.29) is 11.2 Å². The standard InChI is InChI=1S/C15H10FNO/c16-13-7-3-4-8-14(13)17-10-9-11-5-1-2-6-12(11)15(17)18/h1-10H. The van der Waals surface area contributed by atoms with Gasteiger partial charge < -0.3 is 0 Å². The number of fused-ring (bicyclic) bond motifs is 1. The Morgan fingerprint density at radius 3 is 2.44 bits per heavy atom. The molecule has 0 aliphatic heterocycles. The maximum absolute atomic E-state index is 13.7. The number of pyridine rings is 1. The van der Waals surface area contributed by atoms with Crippen LogP contribution in [0.5, 0.6) is 0 Å². The third kappa shape index (κ3) is 1.61. The van der Waals surface area contributed by atoms with Gasteiger partial charge in [-0.1, -0.05) is 30.3 Å². The third-order valence-corrected chi connectivity index (χ3v) is 2.93. The van der Waals surface area contributed by atoms with Gasteiger partial charge in [0.2, 0.25) is 0 Å². The molecule has 0 bridgehead atoms. The Labute approximate surface area is 103 Å². The number of hydrogen-bond acceptors (Lipinski definition) is 1. The summed E-state index contributed by atoms with van der Waals surface area (Å²) in [6, 6.07) is 15.3. The van der Waals surface area contributed by atoms with Crippen LogP contribution in [0.25, 0.3) is 16.5 Å². The Morgan fingerprint density at radius 1 is 0.889 bits per heavy atom. The highest BCUT2D eigenvalue weighted by Gasteiger charge is 2.07. The average Bonchev–Trinajstić information content (AvgIpc) is 2.41. The van der Waals surface area contributed by atoms with Crippen LogP contribution in [0.1, 0.15) is 0 Å². The molecule has 1 aromatic heterocycles. The molecule has 0 fully saturated rings. The maximum Gasteiger partial charge on any atom is 0.263 e. The van der Waals surface area contributed by atoms with E-state index in [1.807, 2.05) is 18.2 Å². The molecule has 88 valence electrons. The first-order chi connectivity index (χ1) is 8.77. The average molecular weight is 239 g/mol. The van der Waals surface area contributed by atoms with Crippen LogP contribution in [-0.4, -0.2) is 4.57 Å². The SMILES string of the molecule is O=c1c2ccccc2ccn1-c1ccccc1F. The van der Waals surface area contributed by atoms with E-state index in [1.54, 1.807) is 36.5 Å². The van der Waals surface area contributed by atoms with Gasteiger partial charge in [0.05, 0.1) is 5.69 Å². The lowest BCUT2D eigenvalue weighted by Crippen LogP contribution is -2.18. The number of nitrogens with zero attached hydrogens (tertiary/aromatic N) is 1. The van der Waals surface area contributed by atoms with Crippen molar-refractivity contribution in [1.82, 2.24) is 4.57 Å². The molecular weight excluding hydrogens is 229 g/mol. The summed E-state index contributed by atoms with van der Waals surface area (Å²) in [5.74, 6) is -0.408. The van der Waals surface area contributed by atoms with Gasteiger partial charge in [-0.25, -0.2) is 4.39 Å². The molecule has 0 N–H and O–H groups in total. The van der Waals surface area contributed by atoms with Gasteiger partial charge in [0.25, 0.3) is 5.56 Å². The van der Waals surface area contributed by atoms with Crippen LogP contribution in [-0.2, 0) is 0 Å². The Kier molecular flexibility index (Phi) is 2.45. The minimum atomic E-state index is -0.408. The monoisotopic (exact) mass is 239 g/mol. The van der Waals surface area contributed by atoms with Crippen molar-refractivity contribution in [2.75, 3.05) is 0 Å². The Hall–Kier alpha value is -2.42. The second-order valence-electron chi connectivity index (χ2n) is 4.03. The van der Waals surface area contributed by atoms with Gasteiger partial charge in [-0.15, -0.1) is 0 Å².